The van der Waals surface area contributed by atoms with E-state index in [0.29, 0.717) is 6.04 Å². The van der Waals surface area contributed by atoms with Crippen LogP contribution < -0.4 is 5.32 Å². The Bertz CT molecular complexity index is 551. The second kappa shape index (κ2) is 6.16. The maximum Gasteiger partial charge on any atom is 0.182 e. The van der Waals surface area contributed by atoms with Crippen molar-refractivity contribution in [3.05, 3.63) is 47.5 Å². The van der Waals surface area contributed by atoms with Gasteiger partial charge in [0.1, 0.15) is 0 Å². The zero-order chi connectivity index (χ0) is 14.7. The molecule has 1 aliphatic rings. The van der Waals surface area contributed by atoms with Crippen molar-refractivity contribution in [1.82, 2.24) is 9.88 Å². The van der Waals surface area contributed by atoms with Gasteiger partial charge in [0.25, 0.3) is 0 Å². The van der Waals surface area contributed by atoms with E-state index in [4.69, 9.17) is 0 Å². The molecule has 1 atom stereocenters. The van der Waals surface area contributed by atoms with Gasteiger partial charge in [0.2, 0.25) is 0 Å². The predicted molar refractivity (Wildman–Crippen MR) is 89.6 cm³/mol. The molecule has 0 bridgehead atoms. The first-order valence-corrected chi connectivity index (χ1v) is 8.44. The minimum atomic E-state index is 0.249. The quantitative estimate of drug-likeness (QED) is 0.929. The number of benzene rings is 1. The Balaban J connectivity index is 1.61. The molecule has 21 heavy (non-hydrogen) atoms. The second-order valence-electron chi connectivity index (χ2n) is 6.51. The molecule has 1 N–H and O–H groups in total. The smallest absolute Gasteiger partial charge is 0.182 e. The summed E-state index contributed by atoms with van der Waals surface area (Å²) in [5, 5.41) is 6.69. The Labute approximate surface area is 131 Å². The van der Waals surface area contributed by atoms with Crippen LogP contribution >= 0.6 is 11.3 Å². The summed E-state index contributed by atoms with van der Waals surface area (Å²) >= 11 is 1.68. The minimum Gasteiger partial charge on any atom is -0.358 e. The van der Waals surface area contributed by atoms with Crippen LogP contribution in [0.2, 0.25) is 0 Å². The van der Waals surface area contributed by atoms with Crippen LogP contribution in [0.1, 0.15) is 25.8 Å². The van der Waals surface area contributed by atoms with E-state index in [-0.39, 0.29) is 5.41 Å². The van der Waals surface area contributed by atoms with Crippen molar-refractivity contribution in [2.45, 2.75) is 32.9 Å². The maximum absolute atomic E-state index is 4.36. The van der Waals surface area contributed by atoms with Crippen molar-refractivity contribution < 1.29 is 0 Å². The molecule has 1 aromatic heterocycles. The Kier molecular flexibility index (Phi) is 4.27. The highest BCUT2D eigenvalue weighted by atomic mass is 32.1. The molecule has 4 heteroatoms. The zero-order valence-corrected chi connectivity index (χ0v) is 13.6. The molecule has 1 saturated heterocycles. The molecule has 0 spiro atoms. The first kappa shape index (κ1) is 14.5. The van der Waals surface area contributed by atoms with E-state index >= 15 is 0 Å². The van der Waals surface area contributed by atoms with Crippen molar-refractivity contribution in [2.24, 2.45) is 5.41 Å². The van der Waals surface area contributed by atoms with Crippen LogP contribution in [0.25, 0.3) is 0 Å². The van der Waals surface area contributed by atoms with Crippen LogP contribution in [0.4, 0.5) is 5.13 Å². The molecule has 1 aromatic carbocycles. The third-order valence-electron chi connectivity index (χ3n) is 4.29. The van der Waals surface area contributed by atoms with Gasteiger partial charge in [-0.2, -0.15) is 0 Å². The summed E-state index contributed by atoms with van der Waals surface area (Å²) in [6.45, 7) is 8.02. The summed E-state index contributed by atoms with van der Waals surface area (Å²) in [6.07, 6.45) is 3.03. The highest BCUT2D eigenvalue weighted by Crippen LogP contribution is 2.32. The van der Waals surface area contributed by atoms with Gasteiger partial charge in [-0.05, 0) is 17.4 Å². The van der Waals surface area contributed by atoms with Crippen LogP contribution in [-0.4, -0.2) is 29.0 Å². The van der Waals surface area contributed by atoms with Gasteiger partial charge in [-0.25, -0.2) is 4.98 Å². The number of nitrogens with one attached hydrogen (secondary N) is 1. The third kappa shape index (κ3) is 3.63. The molecule has 112 valence electrons. The number of hydrogen-bond donors (Lipinski definition) is 1. The summed E-state index contributed by atoms with van der Waals surface area (Å²) in [6, 6.07) is 11.3. The summed E-state index contributed by atoms with van der Waals surface area (Å²) in [4.78, 5) is 6.92. The standard InChI is InChI=1S/C17H23N3S/c1-17(2)13-20(12-14-6-4-3-5-7-14)10-8-15(17)19-16-18-9-11-21-16/h3-7,9,11,15H,8,10,12-13H2,1-2H3,(H,18,19). The number of thiazole rings is 1. The number of piperidine rings is 1. The monoisotopic (exact) mass is 301 g/mol. The van der Waals surface area contributed by atoms with Crippen LogP contribution in [0.3, 0.4) is 0 Å². The number of anilines is 1. The summed E-state index contributed by atoms with van der Waals surface area (Å²) in [7, 11) is 0. The van der Waals surface area contributed by atoms with Gasteiger partial charge in [-0.15, -0.1) is 11.3 Å². The highest BCUT2D eigenvalue weighted by molar-refractivity contribution is 7.13. The topological polar surface area (TPSA) is 28.2 Å². The van der Waals surface area contributed by atoms with Crippen molar-refractivity contribution >= 4 is 16.5 Å². The van der Waals surface area contributed by atoms with E-state index in [2.05, 4.69) is 59.4 Å². The number of nitrogens with zero attached hydrogens (tertiary/aromatic N) is 2. The molecule has 2 heterocycles. The fourth-order valence-corrected chi connectivity index (χ4v) is 3.74. The molecule has 0 radical (unpaired) electrons. The fourth-order valence-electron chi connectivity index (χ4n) is 3.16. The first-order valence-electron chi connectivity index (χ1n) is 7.56. The average molecular weight is 301 g/mol. The molecule has 1 fully saturated rings. The van der Waals surface area contributed by atoms with Crippen molar-refractivity contribution in [1.29, 1.82) is 0 Å². The van der Waals surface area contributed by atoms with Gasteiger partial charge in [0.15, 0.2) is 5.13 Å². The van der Waals surface area contributed by atoms with Gasteiger partial charge in [0, 0.05) is 37.3 Å². The zero-order valence-electron chi connectivity index (χ0n) is 12.7. The average Bonchev–Trinajstić information content (AvgIpc) is 2.95. The maximum atomic E-state index is 4.36. The van der Waals surface area contributed by atoms with E-state index < -0.39 is 0 Å². The second-order valence-corrected chi connectivity index (χ2v) is 7.40. The third-order valence-corrected chi connectivity index (χ3v) is 4.99. The normalized spacial score (nSPS) is 22.1. The molecular formula is C17H23N3S. The largest absolute Gasteiger partial charge is 0.358 e. The van der Waals surface area contributed by atoms with Crippen LogP contribution in [0.5, 0.6) is 0 Å². The van der Waals surface area contributed by atoms with Crippen molar-refractivity contribution in [3.8, 4) is 0 Å². The van der Waals surface area contributed by atoms with Gasteiger partial charge in [-0.3, -0.25) is 4.90 Å². The molecule has 3 nitrogen and oxygen atoms in total. The van der Waals surface area contributed by atoms with Gasteiger partial charge < -0.3 is 5.32 Å². The number of likely N-dealkylation sites (tertiary alicyclic amines) is 1. The number of aromatic nitrogens is 1. The van der Waals surface area contributed by atoms with Gasteiger partial charge in [0.05, 0.1) is 0 Å². The van der Waals surface area contributed by atoms with E-state index in [1.165, 1.54) is 12.0 Å². The summed E-state index contributed by atoms with van der Waals surface area (Å²) in [5.41, 5.74) is 1.65. The van der Waals surface area contributed by atoms with Crippen LogP contribution in [0, 0.1) is 5.41 Å². The van der Waals surface area contributed by atoms with E-state index in [1.54, 1.807) is 11.3 Å². The van der Waals surface area contributed by atoms with Crippen LogP contribution in [-0.2, 0) is 6.54 Å². The first-order chi connectivity index (χ1) is 10.1. The molecule has 0 aliphatic carbocycles. The summed E-state index contributed by atoms with van der Waals surface area (Å²) < 4.78 is 0. The highest BCUT2D eigenvalue weighted by Gasteiger charge is 2.36. The molecule has 0 saturated carbocycles. The lowest BCUT2D eigenvalue weighted by atomic mass is 9.79. The molecular weight excluding hydrogens is 278 g/mol. The molecule has 1 aliphatic heterocycles. The Morgan fingerprint density at radius 2 is 2.14 bits per heavy atom. The SMILES string of the molecule is CC1(C)CN(Cc2ccccc2)CCC1Nc1nccs1. The van der Waals surface area contributed by atoms with Crippen molar-refractivity contribution in [3.63, 3.8) is 0 Å². The van der Waals surface area contributed by atoms with E-state index in [9.17, 15) is 0 Å². The molecule has 0 amide bonds. The van der Waals surface area contributed by atoms with Gasteiger partial charge >= 0.3 is 0 Å². The molecule has 1 unspecified atom stereocenters. The fraction of sp³-hybridized carbons (Fsp3) is 0.471. The predicted octanol–water partition coefficient (Wildman–Crippen LogP) is 3.86. The van der Waals surface area contributed by atoms with Crippen LogP contribution in [0.15, 0.2) is 41.9 Å². The summed E-state index contributed by atoms with van der Waals surface area (Å²) in [5.74, 6) is 0. The van der Waals surface area contributed by atoms with E-state index in [1.807, 2.05) is 11.6 Å². The van der Waals surface area contributed by atoms with Crippen molar-refractivity contribution in [2.75, 3.05) is 18.4 Å². The number of rotatable bonds is 4. The van der Waals surface area contributed by atoms with Gasteiger partial charge in [-0.1, -0.05) is 44.2 Å². The lowest BCUT2D eigenvalue weighted by Gasteiger charge is -2.44. The lowest BCUT2D eigenvalue weighted by Crippen LogP contribution is -2.51. The Morgan fingerprint density at radius 3 is 2.81 bits per heavy atom. The lowest BCUT2D eigenvalue weighted by molar-refractivity contribution is 0.0978. The minimum absolute atomic E-state index is 0.249. The molecule has 3 rings (SSSR count). The van der Waals surface area contributed by atoms with E-state index in [0.717, 1.165) is 24.8 Å². The molecule has 2 aromatic rings. The number of hydrogen-bond acceptors (Lipinski definition) is 4. The Morgan fingerprint density at radius 1 is 1.33 bits per heavy atom. The Hall–Kier alpha value is -1.39.